The van der Waals surface area contributed by atoms with Gasteiger partial charge in [0.2, 0.25) is 0 Å². The van der Waals surface area contributed by atoms with Gasteiger partial charge in [0, 0.05) is 19.2 Å². The highest BCUT2D eigenvalue weighted by Crippen LogP contribution is 2.32. The summed E-state index contributed by atoms with van der Waals surface area (Å²) in [6, 6.07) is 10.9. The SMILES string of the molecule is CCCn1nc(C(=O)N2CCCCCC2c2ccc(OC)cc2)ccc1=O. The number of nitrogens with zero attached hydrogens (tertiary/aromatic N) is 3. The van der Waals surface area contributed by atoms with Crippen LogP contribution in [0.2, 0.25) is 0 Å². The van der Waals surface area contributed by atoms with E-state index < -0.39 is 0 Å². The molecule has 1 fully saturated rings. The van der Waals surface area contributed by atoms with Crippen LogP contribution in [0.15, 0.2) is 41.2 Å². The number of likely N-dealkylation sites (tertiary alicyclic amines) is 1. The van der Waals surface area contributed by atoms with E-state index in [1.54, 1.807) is 13.2 Å². The molecule has 1 saturated heterocycles. The summed E-state index contributed by atoms with van der Waals surface area (Å²) in [6.07, 6.45) is 4.89. The molecule has 144 valence electrons. The second-order valence-electron chi connectivity index (χ2n) is 6.92. The fourth-order valence-corrected chi connectivity index (χ4v) is 3.61. The van der Waals surface area contributed by atoms with Gasteiger partial charge in [-0.3, -0.25) is 9.59 Å². The van der Waals surface area contributed by atoms with Gasteiger partial charge < -0.3 is 9.64 Å². The van der Waals surface area contributed by atoms with Crippen LogP contribution >= 0.6 is 0 Å². The quantitative estimate of drug-likeness (QED) is 0.810. The van der Waals surface area contributed by atoms with Crippen LogP contribution in [0.5, 0.6) is 5.75 Å². The molecule has 1 aliphatic heterocycles. The molecule has 6 nitrogen and oxygen atoms in total. The molecule has 1 unspecified atom stereocenters. The van der Waals surface area contributed by atoms with E-state index in [2.05, 4.69) is 5.10 Å². The molecule has 0 N–H and O–H groups in total. The van der Waals surface area contributed by atoms with E-state index in [0.717, 1.165) is 43.4 Å². The predicted molar refractivity (Wildman–Crippen MR) is 104 cm³/mol. The monoisotopic (exact) mass is 369 g/mol. The maximum atomic E-state index is 13.3. The van der Waals surface area contributed by atoms with Gasteiger partial charge in [-0.05, 0) is 43.0 Å². The number of rotatable bonds is 5. The fraction of sp³-hybridized carbons (Fsp3) is 0.476. The second-order valence-corrected chi connectivity index (χ2v) is 6.92. The lowest BCUT2D eigenvalue weighted by molar-refractivity contribution is 0.0671. The minimum Gasteiger partial charge on any atom is -0.497 e. The Morgan fingerprint density at radius 3 is 2.63 bits per heavy atom. The van der Waals surface area contributed by atoms with Crippen LogP contribution in [-0.2, 0) is 6.54 Å². The first kappa shape index (κ1) is 19.1. The topological polar surface area (TPSA) is 64.4 Å². The Hall–Kier alpha value is -2.63. The molecule has 0 saturated carbocycles. The van der Waals surface area contributed by atoms with Crippen molar-refractivity contribution in [3.63, 3.8) is 0 Å². The zero-order valence-electron chi connectivity index (χ0n) is 16.1. The van der Waals surface area contributed by atoms with Crippen LogP contribution in [0.4, 0.5) is 0 Å². The van der Waals surface area contributed by atoms with Crippen LogP contribution in [0.25, 0.3) is 0 Å². The zero-order valence-corrected chi connectivity index (χ0v) is 16.1. The highest BCUT2D eigenvalue weighted by Gasteiger charge is 2.28. The van der Waals surface area contributed by atoms with Crippen molar-refractivity contribution < 1.29 is 9.53 Å². The molecular weight excluding hydrogens is 342 g/mol. The van der Waals surface area contributed by atoms with E-state index in [1.807, 2.05) is 36.1 Å². The fourth-order valence-electron chi connectivity index (χ4n) is 3.61. The molecule has 1 amide bonds. The van der Waals surface area contributed by atoms with E-state index >= 15 is 0 Å². The number of methoxy groups -OCH3 is 1. The maximum Gasteiger partial charge on any atom is 0.274 e. The number of aromatic nitrogens is 2. The van der Waals surface area contributed by atoms with E-state index in [-0.39, 0.29) is 17.5 Å². The smallest absolute Gasteiger partial charge is 0.274 e. The lowest BCUT2D eigenvalue weighted by Crippen LogP contribution is -2.36. The van der Waals surface area contributed by atoms with Crippen molar-refractivity contribution in [3.8, 4) is 5.75 Å². The van der Waals surface area contributed by atoms with Gasteiger partial charge >= 0.3 is 0 Å². The Labute approximate surface area is 159 Å². The molecule has 6 heteroatoms. The van der Waals surface area contributed by atoms with E-state index in [9.17, 15) is 9.59 Å². The molecular formula is C21H27N3O3. The summed E-state index contributed by atoms with van der Waals surface area (Å²) >= 11 is 0. The molecule has 0 aliphatic carbocycles. The minimum atomic E-state index is -0.170. The number of carbonyl (C=O) groups is 1. The molecule has 1 aromatic heterocycles. The number of hydrogen-bond donors (Lipinski definition) is 0. The first-order valence-electron chi connectivity index (χ1n) is 9.67. The first-order chi connectivity index (χ1) is 13.1. The lowest BCUT2D eigenvalue weighted by atomic mass is 10.0. The number of ether oxygens (including phenoxy) is 1. The van der Waals surface area contributed by atoms with Crippen LogP contribution < -0.4 is 10.3 Å². The lowest BCUT2D eigenvalue weighted by Gasteiger charge is -2.30. The summed E-state index contributed by atoms with van der Waals surface area (Å²) in [5.41, 5.74) is 1.27. The van der Waals surface area contributed by atoms with Crippen molar-refractivity contribution in [3.05, 3.63) is 58.0 Å². The van der Waals surface area contributed by atoms with Crippen LogP contribution in [0.3, 0.4) is 0 Å². The first-order valence-corrected chi connectivity index (χ1v) is 9.67. The number of amides is 1. The Morgan fingerprint density at radius 1 is 1.15 bits per heavy atom. The summed E-state index contributed by atoms with van der Waals surface area (Å²) in [5, 5.41) is 4.32. The van der Waals surface area contributed by atoms with Gasteiger partial charge in [-0.2, -0.15) is 5.10 Å². The Balaban J connectivity index is 1.91. The van der Waals surface area contributed by atoms with E-state index in [1.165, 1.54) is 10.7 Å². The third kappa shape index (κ3) is 4.38. The van der Waals surface area contributed by atoms with E-state index in [4.69, 9.17) is 4.74 Å². The van der Waals surface area contributed by atoms with Gasteiger partial charge in [0.15, 0.2) is 0 Å². The largest absolute Gasteiger partial charge is 0.497 e. The van der Waals surface area contributed by atoms with Gasteiger partial charge in [-0.25, -0.2) is 4.68 Å². The van der Waals surface area contributed by atoms with Crippen molar-refractivity contribution in [2.24, 2.45) is 0 Å². The number of carbonyl (C=O) groups excluding carboxylic acids is 1. The van der Waals surface area contributed by atoms with Crippen molar-refractivity contribution in [2.75, 3.05) is 13.7 Å². The predicted octanol–water partition coefficient (Wildman–Crippen LogP) is 3.42. The van der Waals surface area contributed by atoms with Gasteiger partial charge in [0.1, 0.15) is 11.4 Å². The summed E-state index contributed by atoms with van der Waals surface area (Å²) in [5.74, 6) is 0.695. The molecule has 1 aromatic carbocycles. The van der Waals surface area contributed by atoms with Gasteiger partial charge in [-0.15, -0.1) is 0 Å². The van der Waals surface area contributed by atoms with Crippen molar-refractivity contribution >= 4 is 5.91 Å². The molecule has 2 heterocycles. The third-order valence-electron chi connectivity index (χ3n) is 5.04. The molecule has 0 radical (unpaired) electrons. The normalized spacial score (nSPS) is 17.4. The molecule has 1 aliphatic rings. The number of aryl methyl sites for hydroxylation is 1. The molecule has 2 aromatic rings. The zero-order chi connectivity index (χ0) is 19.2. The Bertz CT molecular complexity index is 829. The van der Waals surface area contributed by atoms with Gasteiger partial charge in [0.05, 0.1) is 13.2 Å². The van der Waals surface area contributed by atoms with Crippen molar-refractivity contribution in [1.29, 1.82) is 0 Å². The molecule has 27 heavy (non-hydrogen) atoms. The summed E-state index contributed by atoms with van der Waals surface area (Å²) in [6.45, 7) is 3.20. The molecule has 1 atom stereocenters. The minimum absolute atomic E-state index is 0.0132. The van der Waals surface area contributed by atoms with Gasteiger partial charge in [-0.1, -0.05) is 31.9 Å². The van der Waals surface area contributed by atoms with Crippen molar-refractivity contribution in [1.82, 2.24) is 14.7 Å². The van der Waals surface area contributed by atoms with E-state index in [0.29, 0.717) is 18.8 Å². The van der Waals surface area contributed by atoms with Crippen LogP contribution in [0, 0.1) is 0 Å². The Morgan fingerprint density at radius 2 is 1.93 bits per heavy atom. The summed E-state index contributed by atoms with van der Waals surface area (Å²) < 4.78 is 6.63. The maximum absolute atomic E-state index is 13.3. The molecule has 0 bridgehead atoms. The average Bonchev–Trinajstić information content (AvgIpc) is 2.95. The number of benzene rings is 1. The highest BCUT2D eigenvalue weighted by atomic mass is 16.5. The Kier molecular flexibility index (Phi) is 6.27. The average molecular weight is 369 g/mol. The van der Waals surface area contributed by atoms with Crippen LogP contribution in [0.1, 0.15) is 61.1 Å². The molecule has 3 rings (SSSR count). The molecule has 0 spiro atoms. The second kappa shape index (κ2) is 8.84. The summed E-state index contributed by atoms with van der Waals surface area (Å²) in [4.78, 5) is 27.1. The van der Waals surface area contributed by atoms with Gasteiger partial charge in [0.25, 0.3) is 11.5 Å². The highest BCUT2D eigenvalue weighted by molar-refractivity contribution is 5.92. The van der Waals surface area contributed by atoms with Crippen molar-refractivity contribution in [2.45, 2.75) is 51.6 Å². The third-order valence-corrected chi connectivity index (χ3v) is 5.04. The standard InChI is InChI=1S/C21H27N3O3/c1-3-14-24-20(25)13-12-18(22-24)21(26)23-15-6-4-5-7-19(23)16-8-10-17(27-2)11-9-16/h8-13,19H,3-7,14-15H2,1-2H3. The van der Waals surface area contributed by atoms with Crippen LogP contribution in [-0.4, -0.2) is 34.2 Å². The number of hydrogen-bond acceptors (Lipinski definition) is 4. The summed E-state index contributed by atoms with van der Waals surface area (Å²) in [7, 11) is 1.65.